The van der Waals surface area contributed by atoms with Crippen LogP contribution < -0.4 is 4.90 Å². The standard InChI is InChI=1S/C38H34Cl2FN3O5/c39-37-20-29-26(14-15-28-31(29)34(47)43(33(28)46)25-16-18-42(19-17-25)21-22-6-2-1-3-7-22)32(27-8-4-5-9-30(27)45)38(37,40)36(49)44(35(37)48)24-12-10-23(41)11-13-24/h1-14,25,28-29,31-32,45H,15-21H2/t28-,29+,31-,32+,37+,38-/m0/s1. The first kappa shape index (κ1) is 32.2. The van der Waals surface area contributed by atoms with Crippen LogP contribution in [0.25, 0.3) is 0 Å². The molecule has 8 nitrogen and oxygen atoms in total. The number of carbonyl (C=O) groups excluding carboxylic acids is 4. The number of likely N-dealkylation sites (tertiary alicyclic amines) is 2. The number of nitrogens with zero attached hydrogens (tertiary/aromatic N) is 3. The van der Waals surface area contributed by atoms with Gasteiger partial charge >= 0.3 is 0 Å². The largest absolute Gasteiger partial charge is 0.508 e. The molecular formula is C38H34Cl2FN3O5. The van der Waals surface area contributed by atoms with Crippen LogP contribution in [0.1, 0.15) is 42.7 Å². The van der Waals surface area contributed by atoms with Gasteiger partial charge in [0.05, 0.1) is 17.5 Å². The summed E-state index contributed by atoms with van der Waals surface area (Å²) in [6.45, 7) is 2.27. The van der Waals surface area contributed by atoms with Crippen molar-refractivity contribution in [2.24, 2.45) is 17.8 Å². The fourth-order valence-electron chi connectivity index (χ4n) is 9.04. The molecule has 3 saturated heterocycles. The lowest BCUT2D eigenvalue weighted by molar-refractivity contribution is -0.144. The minimum absolute atomic E-state index is 0.105. The highest BCUT2D eigenvalue weighted by atomic mass is 35.5. The van der Waals surface area contributed by atoms with E-state index in [0.29, 0.717) is 24.0 Å². The predicted octanol–water partition coefficient (Wildman–Crippen LogP) is 5.76. The number of piperidine rings is 1. The summed E-state index contributed by atoms with van der Waals surface area (Å²) < 4.78 is 13.9. The highest BCUT2D eigenvalue weighted by Crippen LogP contribution is 2.66. The van der Waals surface area contributed by atoms with Gasteiger partial charge in [-0.25, -0.2) is 9.29 Å². The number of phenolic OH excluding ortho intramolecular Hbond substituents is 1. The Hall–Kier alpha value is -4.05. The van der Waals surface area contributed by atoms with Crippen LogP contribution in [0.4, 0.5) is 10.1 Å². The summed E-state index contributed by atoms with van der Waals surface area (Å²) in [6.07, 6.45) is 3.25. The first-order chi connectivity index (χ1) is 23.5. The van der Waals surface area contributed by atoms with Gasteiger partial charge in [-0.15, -0.1) is 23.2 Å². The molecule has 6 atom stereocenters. The molecule has 0 bridgehead atoms. The van der Waals surface area contributed by atoms with E-state index in [1.165, 1.54) is 28.7 Å². The molecule has 252 valence electrons. The lowest BCUT2D eigenvalue weighted by atomic mass is 9.56. The van der Waals surface area contributed by atoms with Crippen molar-refractivity contribution in [2.45, 2.75) is 53.9 Å². The average Bonchev–Trinajstić information content (AvgIpc) is 3.44. The Morgan fingerprint density at radius 1 is 0.816 bits per heavy atom. The molecule has 2 aliphatic carbocycles. The highest BCUT2D eigenvalue weighted by Gasteiger charge is 2.77. The molecule has 4 amide bonds. The number of alkyl halides is 2. The van der Waals surface area contributed by atoms with Crippen molar-refractivity contribution < 1.29 is 28.7 Å². The fourth-order valence-corrected chi connectivity index (χ4v) is 9.96. The summed E-state index contributed by atoms with van der Waals surface area (Å²) in [6, 6.07) is 21.2. The number of anilines is 1. The monoisotopic (exact) mass is 701 g/mol. The Balaban J connectivity index is 1.14. The minimum Gasteiger partial charge on any atom is -0.508 e. The molecule has 11 heteroatoms. The van der Waals surface area contributed by atoms with Crippen LogP contribution in [-0.2, 0) is 25.7 Å². The van der Waals surface area contributed by atoms with Crippen LogP contribution in [0.2, 0.25) is 0 Å². The molecule has 8 rings (SSSR count). The lowest BCUT2D eigenvalue weighted by Gasteiger charge is -2.50. The van der Waals surface area contributed by atoms with E-state index in [1.807, 2.05) is 24.3 Å². The second-order valence-electron chi connectivity index (χ2n) is 13.8. The third-order valence-electron chi connectivity index (χ3n) is 11.3. The van der Waals surface area contributed by atoms with Crippen molar-refractivity contribution >= 4 is 52.5 Å². The number of rotatable bonds is 5. The normalized spacial score (nSPS) is 31.9. The SMILES string of the molecule is O=C1[C@H]2[C@H](CC=C3[C@H]2C[C@@]2(Cl)C(=O)N(c4ccc(F)cc4)C(=O)[C@@]2(Cl)[C@H]3c2ccccc2O)C(=O)N1C1CCN(Cc2ccccc2)CC1. The van der Waals surface area contributed by atoms with Gasteiger partial charge in [-0.1, -0.05) is 60.2 Å². The summed E-state index contributed by atoms with van der Waals surface area (Å²) >= 11 is 14.8. The molecule has 1 N–H and O–H groups in total. The number of allylic oxidation sites excluding steroid dienone is 2. The Bertz CT molecular complexity index is 1900. The zero-order valence-electron chi connectivity index (χ0n) is 26.5. The average molecular weight is 703 g/mol. The molecule has 49 heavy (non-hydrogen) atoms. The number of aromatic hydroxyl groups is 1. The number of hydrogen-bond acceptors (Lipinski definition) is 6. The van der Waals surface area contributed by atoms with Gasteiger partial charge in [-0.05, 0) is 67.5 Å². The number of amides is 4. The summed E-state index contributed by atoms with van der Waals surface area (Å²) in [5.41, 5.74) is 2.21. The smallest absolute Gasteiger partial charge is 0.258 e. The molecule has 0 spiro atoms. The zero-order chi connectivity index (χ0) is 34.2. The number of halogens is 3. The van der Waals surface area contributed by atoms with Gasteiger partial charge in [-0.2, -0.15) is 0 Å². The molecule has 3 aromatic rings. The number of benzene rings is 3. The fraction of sp³-hybridized carbons (Fsp3) is 0.368. The summed E-state index contributed by atoms with van der Waals surface area (Å²) in [5.74, 6) is -6.03. The van der Waals surface area contributed by atoms with Crippen molar-refractivity contribution in [2.75, 3.05) is 18.0 Å². The van der Waals surface area contributed by atoms with Crippen molar-refractivity contribution in [3.8, 4) is 5.75 Å². The first-order valence-corrected chi connectivity index (χ1v) is 17.4. The Morgan fingerprint density at radius 2 is 1.49 bits per heavy atom. The van der Waals surface area contributed by atoms with Gasteiger partial charge in [0.25, 0.3) is 11.8 Å². The van der Waals surface area contributed by atoms with Crippen LogP contribution >= 0.6 is 23.2 Å². The maximum absolute atomic E-state index is 14.5. The number of fused-ring (bicyclic) bond motifs is 4. The molecular weight excluding hydrogens is 668 g/mol. The lowest BCUT2D eigenvalue weighted by Crippen LogP contribution is -2.60. The van der Waals surface area contributed by atoms with Crippen molar-refractivity contribution in [1.29, 1.82) is 0 Å². The van der Waals surface area contributed by atoms with Gasteiger partial charge in [-0.3, -0.25) is 29.0 Å². The first-order valence-electron chi connectivity index (χ1n) is 16.7. The van der Waals surface area contributed by atoms with Gasteiger partial charge < -0.3 is 5.11 Å². The summed E-state index contributed by atoms with van der Waals surface area (Å²) in [5, 5.41) is 11.1. The molecule has 0 unspecified atom stereocenters. The van der Waals surface area contributed by atoms with Gasteiger partial charge in [0.1, 0.15) is 11.6 Å². The maximum Gasteiger partial charge on any atom is 0.258 e. The molecule has 0 aromatic heterocycles. The second kappa shape index (κ2) is 11.8. The number of imide groups is 2. The maximum atomic E-state index is 14.5. The quantitative estimate of drug-likeness (QED) is 0.207. The molecule has 5 aliphatic rings. The van der Waals surface area contributed by atoms with Gasteiger partial charge in [0.2, 0.25) is 11.8 Å². The Labute approximate surface area is 293 Å². The number of phenols is 1. The van der Waals surface area contributed by atoms with Crippen molar-refractivity contribution in [1.82, 2.24) is 9.80 Å². The van der Waals surface area contributed by atoms with Crippen LogP contribution in [0, 0.1) is 23.6 Å². The van der Waals surface area contributed by atoms with E-state index in [9.17, 15) is 28.7 Å². The van der Waals surface area contributed by atoms with Crippen LogP contribution in [0.5, 0.6) is 5.75 Å². The van der Waals surface area contributed by atoms with Gasteiger partial charge in [0.15, 0.2) is 9.75 Å². The third-order valence-corrected chi connectivity index (χ3v) is 12.8. The van der Waals surface area contributed by atoms with E-state index in [1.54, 1.807) is 18.2 Å². The number of para-hydroxylation sites is 1. The Kier molecular flexibility index (Phi) is 7.74. The second-order valence-corrected chi connectivity index (χ2v) is 15.1. The van der Waals surface area contributed by atoms with E-state index in [-0.39, 0.29) is 42.1 Å². The predicted molar refractivity (Wildman–Crippen MR) is 181 cm³/mol. The van der Waals surface area contributed by atoms with Crippen LogP contribution in [0.15, 0.2) is 90.5 Å². The topological polar surface area (TPSA) is 98.2 Å². The molecule has 4 fully saturated rings. The van der Waals surface area contributed by atoms with Gasteiger partial charge in [0, 0.05) is 37.2 Å². The number of hydrogen-bond donors (Lipinski definition) is 1. The molecule has 3 heterocycles. The van der Waals surface area contributed by atoms with Crippen LogP contribution in [0.3, 0.4) is 0 Å². The van der Waals surface area contributed by atoms with E-state index in [2.05, 4.69) is 17.0 Å². The van der Waals surface area contributed by atoms with E-state index in [0.717, 1.165) is 36.7 Å². The summed E-state index contributed by atoms with van der Waals surface area (Å²) in [4.78, 5) is 57.8. The third kappa shape index (κ3) is 4.72. The van der Waals surface area contributed by atoms with Crippen molar-refractivity contribution in [3.63, 3.8) is 0 Å². The summed E-state index contributed by atoms with van der Waals surface area (Å²) in [7, 11) is 0. The van der Waals surface area contributed by atoms with E-state index in [4.69, 9.17) is 23.2 Å². The Morgan fingerprint density at radius 3 is 2.18 bits per heavy atom. The zero-order valence-corrected chi connectivity index (χ0v) is 28.0. The molecule has 3 aliphatic heterocycles. The van der Waals surface area contributed by atoms with E-state index < -0.39 is 51.1 Å². The molecule has 1 saturated carbocycles. The number of carbonyl (C=O) groups is 4. The molecule has 0 radical (unpaired) electrons. The van der Waals surface area contributed by atoms with Crippen LogP contribution in [-0.4, -0.2) is 67.4 Å². The highest BCUT2D eigenvalue weighted by molar-refractivity contribution is 6.58. The van der Waals surface area contributed by atoms with Crippen molar-refractivity contribution in [3.05, 3.63) is 107 Å². The van der Waals surface area contributed by atoms with E-state index >= 15 is 0 Å². The molecule has 3 aromatic carbocycles. The minimum atomic E-state index is -2.09.